The lowest BCUT2D eigenvalue weighted by atomic mass is 9.98. The Kier molecular flexibility index (Phi) is 4.65. The number of fused-ring (bicyclic) bond motifs is 2. The van der Waals surface area contributed by atoms with Crippen molar-refractivity contribution in [1.29, 1.82) is 0 Å². The number of carbonyl (C=O) groups is 2. The van der Waals surface area contributed by atoms with Gasteiger partial charge in [0.1, 0.15) is 0 Å². The molecule has 5 rings (SSSR count). The van der Waals surface area contributed by atoms with Crippen LogP contribution in [0.25, 0.3) is 11.6 Å². The number of hydrogen-bond acceptors (Lipinski definition) is 4. The van der Waals surface area contributed by atoms with Crippen LogP contribution in [0.5, 0.6) is 5.75 Å². The van der Waals surface area contributed by atoms with Crippen LogP contribution in [0.1, 0.15) is 31.4 Å². The van der Waals surface area contributed by atoms with Crippen LogP contribution in [0.2, 0.25) is 0 Å². The summed E-state index contributed by atoms with van der Waals surface area (Å²) in [6.07, 6.45) is 8.34. The van der Waals surface area contributed by atoms with Crippen LogP contribution >= 0.6 is 0 Å². The number of allylic oxidation sites excluding steroid dienone is 1. The Morgan fingerprint density at radius 1 is 1.26 bits per heavy atom. The molecule has 31 heavy (non-hydrogen) atoms. The highest BCUT2D eigenvalue weighted by molar-refractivity contribution is 5.99. The SMILES string of the molecule is CC1(C)Oc2cc(/C=C/C(=O)N3CC4C=C(c5ccccc5)CC4C3)cnc2NC1=O. The Labute approximate surface area is 181 Å². The molecule has 1 aliphatic carbocycles. The van der Waals surface area contributed by atoms with Gasteiger partial charge < -0.3 is 15.0 Å². The van der Waals surface area contributed by atoms with Gasteiger partial charge in [-0.3, -0.25) is 9.59 Å². The van der Waals surface area contributed by atoms with Crippen molar-refractivity contribution in [1.82, 2.24) is 9.88 Å². The molecule has 1 aromatic heterocycles. The van der Waals surface area contributed by atoms with Gasteiger partial charge >= 0.3 is 0 Å². The normalized spacial score (nSPS) is 23.7. The molecule has 0 bridgehead atoms. The monoisotopic (exact) mass is 415 g/mol. The Morgan fingerprint density at radius 3 is 2.84 bits per heavy atom. The van der Waals surface area contributed by atoms with Gasteiger partial charge in [-0.15, -0.1) is 0 Å². The second kappa shape index (κ2) is 7.38. The highest BCUT2D eigenvalue weighted by atomic mass is 16.5. The predicted molar refractivity (Wildman–Crippen MR) is 119 cm³/mol. The van der Waals surface area contributed by atoms with E-state index < -0.39 is 5.60 Å². The summed E-state index contributed by atoms with van der Waals surface area (Å²) >= 11 is 0. The average Bonchev–Trinajstić information content (AvgIpc) is 3.33. The van der Waals surface area contributed by atoms with Crippen molar-refractivity contribution in [2.75, 3.05) is 18.4 Å². The molecule has 1 fully saturated rings. The molecule has 2 aromatic rings. The number of carbonyl (C=O) groups excluding carboxylic acids is 2. The fraction of sp³-hybridized carbons (Fsp3) is 0.320. The van der Waals surface area contributed by atoms with Crippen molar-refractivity contribution in [2.24, 2.45) is 11.8 Å². The predicted octanol–water partition coefficient (Wildman–Crippen LogP) is 3.77. The van der Waals surface area contributed by atoms with Gasteiger partial charge in [-0.2, -0.15) is 0 Å². The van der Waals surface area contributed by atoms with Crippen LogP contribution in [-0.4, -0.2) is 40.4 Å². The van der Waals surface area contributed by atoms with Gasteiger partial charge in [0.05, 0.1) is 0 Å². The first-order valence-corrected chi connectivity index (χ1v) is 10.6. The summed E-state index contributed by atoms with van der Waals surface area (Å²) < 4.78 is 5.77. The molecular formula is C25H25N3O3. The van der Waals surface area contributed by atoms with E-state index in [2.05, 4.69) is 40.6 Å². The van der Waals surface area contributed by atoms with Crippen LogP contribution in [0.3, 0.4) is 0 Å². The Bertz CT molecular complexity index is 1100. The standard InChI is InChI=1S/C25H25N3O3/c1-25(2)24(30)27-23-21(31-25)10-16(13-26-23)8-9-22(29)28-14-19-11-18(12-20(19)15-28)17-6-4-3-5-7-17/h3-11,13,19-20H,12,14-15H2,1-2H3,(H,26,27,30)/b9-8+. The van der Waals surface area contributed by atoms with Gasteiger partial charge in [0.2, 0.25) is 5.91 Å². The summed E-state index contributed by atoms with van der Waals surface area (Å²) in [6.45, 7) is 4.96. The van der Waals surface area contributed by atoms with E-state index in [9.17, 15) is 9.59 Å². The van der Waals surface area contributed by atoms with E-state index in [0.29, 0.717) is 23.4 Å². The number of aromatic nitrogens is 1. The molecule has 2 aliphatic heterocycles. The molecular weight excluding hydrogens is 390 g/mol. The largest absolute Gasteiger partial charge is 0.474 e. The van der Waals surface area contributed by atoms with Crippen molar-refractivity contribution in [3.05, 3.63) is 65.9 Å². The van der Waals surface area contributed by atoms with Crippen LogP contribution in [0.4, 0.5) is 5.82 Å². The van der Waals surface area contributed by atoms with Gasteiger partial charge in [-0.1, -0.05) is 36.4 Å². The smallest absolute Gasteiger partial charge is 0.269 e. The van der Waals surface area contributed by atoms with E-state index >= 15 is 0 Å². The number of rotatable bonds is 3. The minimum atomic E-state index is -0.952. The van der Waals surface area contributed by atoms with Crippen molar-refractivity contribution in [2.45, 2.75) is 25.9 Å². The number of pyridine rings is 1. The zero-order valence-electron chi connectivity index (χ0n) is 17.7. The van der Waals surface area contributed by atoms with E-state index in [1.54, 1.807) is 38.3 Å². The van der Waals surface area contributed by atoms with Gasteiger partial charge in [0.25, 0.3) is 5.91 Å². The van der Waals surface area contributed by atoms with Crippen LogP contribution < -0.4 is 10.1 Å². The molecule has 1 N–H and O–H groups in total. The maximum absolute atomic E-state index is 12.7. The number of amides is 2. The molecule has 6 nitrogen and oxygen atoms in total. The number of benzene rings is 1. The lowest BCUT2D eigenvalue weighted by Crippen LogP contribution is -2.46. The molecule has 3 heterocycles. The van der Waals surface area contributed by atoms with Gasteiger partial charge in [-0.25, -0.2) is 4.98 Å². The van der Waals surface area contributed by atoms with Crippen molar-refractivity contribution in [3.8, 4) is 5.75 Å². The highest BCUT2D eigenvalue weighted by Crippen LogP contribution is 2.41. The third-order valence-electron chi connectivity index (χ3n) is 6.28. The summed E-state index contributed by atoms with van der Waals surface area (Å²) in [5, 5.41) is 2.75. The second-order valence-corrected chi connectivity index (χ2v) is 8.94. The molecule has 0 spiro atoms. The summed E-state index contributed by atoms with van der Waals surface area (Å²) in [7, 11) is 0. The van der Waals surface area contributed by atoms with Crippen molar-refractivity contribution in [3.63, 3.8) is 0 Å². The van der Waals surface area contributed by atoms with E-state index in [4.69, 9.17) is 4.74 Å². The number of nitrogens with one attached hydrogen (secondary N) is 1. The Morgan fingerprint density at radius 2 is 2.06 bits per heavy atom. The molecule has 0 radical (unpaired) electrons. The number of ether oxygens (including phenoxy) is 1. The highest BCUT2D eigenvalue weighted by Gasteiger charge is 2.38. The molecule has 2 unspecified atom stereocenters. The van der Waals surface area contributed by atoms with E-state index in [1.165, 1.54) is 11.1 Å². The van der Waals surface area contributed by atoms with Gasteiger partial charge in [0, 0.05) is 25.4 Å². The van der Waals surface area contributed by atoms with E-state index in [-0.39, 0.29) is 11.8 Å². The molecule has 0 saturated carbocycles. The first-order chi connectivity index (χ1) is 14.9. The molecule has 2 amide bonds. The topological polar surface area (TPSA) is 71.5 Å². The quantitative estimate of drug-likeness (QED) is 0.775. The Balaban J connectivity index is 1.24. The number of likely N-dealkylation sites (tertiary alicyclic amines) is 1. The average molecular weight is 415 g/mol. The molecule has 2 atom stereocenters. The summed E-state index contributed by atoms with van der Waals surface area (Å²) in [5.74, 6) is 1.62. The zero-order valence-corrected chi connectivity index (χ0v) is 17.7. The molecule has 1 aromatic carbocycles. The third-order valence-corrected chi connectivity index (χ3v) is 6.28. The van der Waals surface area contributed by atoms with Crippen molar-refractivity contribution >= 4 is 29.3 Å². The molecule has 6 heteroatoms. The first kappa shape index (κ1) is 19.5. The fourth-order valence-corrected chi connectivity index (χ4v) is 4.53. The van der Waals surface area contributed by atoms with Gasteiger partial charge in [0.15, 0.2) is 17.2 Å². The van der Waals surface area contributed by atoms with E-state index in [1.807, 2.05) is 11.0 Å². The van der Waals surface area contributed by atoms with Crippen LogP contribution in [-0.2, 0) is 9.59 Å². The summed E-state index contributed by atoms with van der Waals surface area (Å²) in [5.41, 5.74) is 2.49. The minimum absolute atomic E-state index is 0.0105. The van der Waals surface area contributed by atoms with Crippen LogP contribution in [0, 0.1) is 11.8 Å². The lowest BCUT2D eigenvalue weighted by molar-refractivity contribution is -0.129. The van der Waals surface area contributed by atoms with Crippen LogP contribution in [0.15, 0.2) is 54.7 Å². The molecule has 158 valence electrons. The number of anilines is 1. The van der Waals surface area contributed by atoms with Crippen molar-refractivity contribution < 1.29 is 14.3 Å². The lowest BCUT2D eigenvalue weighted by Gasteiger charge is -2.30. The molecule has 1 saturated heterocycles. The van der Waals surface area contributed by atoms with E-state index in [0.717, 1.165) is 25.1 Å². The maximum atomic E-state index is 12.7. The van der Waals surface area contributed by atoms with Gasteiger partial charge in [-0.05, 0) is 60.9 Å². The number of nitrogens with zero attached hydrogens (tertiary/aromatic N) is 2. The molecule has 3 aliphatic rings. The Hall–Kier alpha value is -3.41. The third kappa shape index (κ3) is 3.74. The summed E-state index contributed by atoms with van der Waals surface area (Å²) in [4.78, 5) is 30.9. The summed E-state index contributed by atoms with van der Waals surface area (Å²) in [6, 6.07) is 12.3. The second-order valence-electron chi connectivity index (χ2n) is 8.94. The maximum Gasteiger partial charge on any atom is 0.269 e. The fourth-order valence-electron chi connectivity index (χ4n) is 4.53. The zero-order chi connectivity index (χ0) is 21.6. The number of hydrogen-bond donors (Lipinski definition) is 1. The first-order valence-electron chi connectivity index (χ1n) is 10.6. The minimum Gasteiger partial charge on any atom is -0.474 e.